The second kappa shape index (κ2) is 5.27. The van der Waals surface area contributed by atoms with E-state index < -0.39 is 5.54 Å². The topological polar surface area (TPSA) is 92.0 Å². The molecule has 0 amide bonds. The molecule has 1 aliphatic carbocycles. The number of aromatic hydroxyl groups is 1. The van der Waals surface area contributed by atoms with Crippen molar-refractivity contribution in [3.05, 3.63) is 44.9 Å². The van der Waals surface area contributed by atoms with E-state index in [2.05, 4.69) is 25.9 Å². The van der Waals surface area contributed by atoms with Crippen molar-refractivity contribution in [1.82, 2.24) is 9.97 Å². The number of benzene rings is 1. The van der Waals surface area contributed by atoms with Crippen molar-refractivity contribution in [1.29, 1.82) is 0 Å². The van der Waals surface area contributed by atoms with E-state index in [1.807, 2.05) is 6.07 Å². The third-order valence-corrected chi connectivity index (χ3v) is 4.47. The fourth-order valence-electron chi connectivity index (χ4n) is 2.84. The summed E-state index contributed by atoms with van der Waals surface area (Å²) >= 11 is 3.35. The van der Waals surface area contributed by atoms with Crippen LogP contribution in [0.15, 0.2) is 33.5 Å². The highest BCUT2D eigenvalue weighted by Gasteiger charge is 2.34. The smallest absolute Gasteiger partial charge is 0.262 e. The molecule has 110 valence electrons. The average Bonchev–Trinajstić information content (AvgIpc) is 2.86. The first kappa shape index (κ1) is 14.3. The summed E-state index contributed by atoms with van der Waals surface area (Å²) in [5.41, 5.74) is 6.06. The molecule has 1 aromatic heterocycles. The van der Waals surface area contributed by atoms with E-state index in [9.17, 15) is 9.90 Å². The second-order valence-corrected chi connectivity index (χ2v) is 6.40. The molecule has 0 spiro atoms. The average molecular weight is 350 g/mol. The van der Waals surface area contributed by atoms with Crippen molar-refractivity contribution in [3.63, 3.8) is 0 Å². The van der Waals surface area contributed by atoms with Crippen LogP contribution in [0.4, 0.5) is 0 Å². The third-order valence-electron chi connectivity index (χ3n) is 3.98. The molecule has 0 atom stereocenters. The molecule has 4 N–H and O–H groups in total. The molecule has 1 aliphatic rings. The lowest BCUT2D eigenvalue weighted by atomic mass is 9.98. The van der Waals surface area contributed by atoms with Gasteiger partial charge in [0.15, 0.2) is 0 Å². The number of H-pyrrole nitrogens is 1. The first-order valence-electron chi connectivity index (χ1n) is 6.88. The third kappa shape index (κ3) is 2.61. The van der Waals surface area contributed by atoms with Crippen LogP contribution >= 0.6 is 15.9 Å². The number of nitrogens with one attached hydrogen (secondary N) is 1. The van der Waals surface area contributed by atoms with Crippen LogP contribution in [0.1, 0.15) is 31.5 Å². The van der Waals surface area contributed by atoms with Crippen molar-refractivity contribution in [2.24, 2.45) is 5.73 Å². The Bertz CT molecular complexity index is 736. The minimum absolute atomic E-state index is 0.168. The van der Waals surface area contributed by atoms with Crippen LogP contribution in [0.25, 0.3) is 11.1 Å². The largest absolute Gasteiger partial charge is 0.493 e. The van der Waals surface area contributed by atoms with Crippen molar-refractivity contribution >= 4 is 15.9 Å². The summed E-state index contributed by atoms with van der Waals surface area (Å²) in [4.78, 5) is 19.2. The number of nitrogens with two attached hydrogens (primary N) is 1. The lowest BCUT2D eigenvalue weighted by Gasteiger charge is -2.22. The van der Waals surface area contributed by atoms with E-state index in [0.717, 1.165) is 30.2 Å². The predicted octanol–water partition coefficient (Wildman–Crippen LogP) is 2.63. The number of aromatic amines is 1. The summed E-state index contributed by atoms with van der Waals surface area (Å²) in [5, 5.41) is 10.2. The van der Waals surface area contributed by atoms with E-state index in [0.29, 0.717) is 11.4 Å². The van der Waals surface area contributed by atoms with Crippen molar-refractivity contribution in [2.45, 2.75) is 31.2 Å². The van der Waals surface area contributed by atoms with E-state index in [1.54, 1.807) is 18.2 Å². The zero-order valence-electron chi connectivity index (χ0n) is 11.4. The highest BCUT2D eigenvalue weighted by atomic mass is 79.9. The van der Waals surface area contributed by atoms with Crippen LogP contribution in [0.5, 0.6) is 5.88 Å². The Morgan fingerprint density at radius 3 is 2.67 bits per heavy atom. The van der Waals surface area contributed by atoms with E-state index in [1.165, 1.54) is 0 Å². The Hall–Kier alpha value is -1.66. The summed E-state index contributed by atoms with van der Waals surface area (Å²) in [6.45, 7) is 0. The molecule has 0 bridgehead atoms. The minimum atomic E-state index is -0.632. The predicted molar refractivity (Wildman–Crippen MR) is 84.0 cm³/mol. The molecule has 3 rings (SSSR count). The number of rotatable bonds is 2. The highest BCUT2D eigenvalue weighted by molar-refractivity contribution is 9.10. The monoisotopic (exact) mass is 349 g/mol. The lowest BCUT2D eigenvalue weighted by Crippen LogP contribution is -2.37. The molecule has 1 saturated carbocycles. The van der Waals surface area contributed by atoms with Crippen LogP contribution in [0.3, 0.4) is 0 Å². The van der Waals surface area contributed by atoms with Gasteiger partial charge in [-0.1, -0.05) is 40.9 Å². The van der Waals surface area contributed by atoms with Gasteiger partial charge in [0.05, 0.1) is 5.54 Å². The Kier molecular flexibility index (Phi) is 3.59. The Morgan fingerprint density at radius 1 is 1.33 bits per heavy atom. The lowest BCUT2D eigenvalue weighted by molar-refractivity contribution is 0.402. The van der Waals surface area contributed by atoms with E-state index >= 15 is 0 Å². The maximum Gasteiger partial charge on any atom is 0.262 e. The minimum Gasteiger partial charge on any atom is -0.493 e. The fraction of sp³-hybridized carbons (Fsp3) is 0.333. The summed E-state index contributed by atoms with van der Waals surface area (Å²) in [6.07, 6.45) is 3.56. The Morgan fingerprint density at radius 2 is 2.05 bits per heavy atom. The van der Waals surface area contributed by atoms with Gasteiger partial charge >= 0.3 is 0 Å². The molecule has 1 heterocycles. The van der Waals surface area contributed by atoms with Crippen LogP contribution in [-0.2, 0) is 5.54 Å². The quantitative estimate of drug-likeness (QED) is 0.776. The van der Waals surface area contributed by atoms with Gasteiger partial charge in [0.25, 0.3) is 5.56 Å². The maximum absolute atomic E-state index is 12.3. The summed E-state index contributed by atoms with van der Waals surface area (Å²) in [6, 6.07) is 7.17. The molecule has 1 aromatic carbocycles. The van der Waals surface area contributed by atoms with Gasteiger partial charge in [0.1, 0.15) is 11.4 Å². The van der Waals surface area contributed by atoms with Gasteiger partial charge in [-0.25, -0.2) is 0 Å². The first-order valence-corrected chi connectivity index (χ1v) is 7.67. The summed E-state index contributed by atoms with van der Waals surface area (Å²) in [7, 11) is 0. The highest BCUT2D eigenvalue weighted by Crippen LogP contribution is 2.35. The molecule has 2 aromatic rings. The van der Waals surface area contributed by atoms with Crippen LogP contribution in [0.2, 0.25) is 0 Å². The number of aromatic nitrogens is 2. The van der Waals surface area contributed by atoms with Gasteiger partial charge in [-0.15, -0.1) is 0 Å². The number of nitrogens with zero attached hydrogens (tertiary/aromatic N) is 1. The summed E-state index contributed by atoms with van der Waals surface area (Å²) in [5.74, 6) is 0.102. The Labute approximate surface area is 130 Å². The molecule has 21 heavy (non-hydrogen) atoms. The standard InChI is InChI=1S/C15H16BrN3O2/c16-10-5-3-4-9(8-10)11-12(20)18-14(19-13(11)21)15(17)6-1-2-7-15/h3-5,8H,1-2,6-7,17H2,(H2,18,19,20,21). The molecule has 0 radical (unpaired) electrons. The molecule has 1 fully saturated rings. The number of hydrogen-bond acceptors (Lipinski definition) is 4. The molecule has 5 nitrogen and oxygen atoms in total. The Balaban J connectivity index is 2.11. The van der Waals surface area contributed by atoms with Gasteiger partial charge in [-0.05, 0) is 30.5 Å². The SMILES string of the molecule is NC1(c2nc(O)c(-c3cccc(Br)c3)c(=O)[nH]2)CCCC1. The number of halogens is 1. The molecule has 0 unspecified atom stereocenters. The van der Waals surface area contributed by atoms with E-state index in [-0.39, 0.29) is 17.0 Å². The van der Waals surface area contributed by atoms with Gasteiger partial charge in [-0.3, -0.25) is 4.79 Å². The van der Waals surface area contributed by atoms with Crippen LogP contribution < -0.4 is 11.3 Å². The number of hydrogen-bond donors (Lipinski definition) is 3. The second-order valence-electron chi connectivity index (χ2n) is 5.49. The van der Waals surface area contributed by atoms with E-state index in [4.69, 9.17) is 5.73 Å². The zero-order chi connectivity index (χ0) is 15.0. The van der Waals surface area contributed by atoms with Gasteiger partial charge in [0.2, 0.25) is 5.88 Å². The molecule has 6 heteroatoms. The summed E-state index contributed by atoms with van der Waals surface area (Å²) < 4.78 is 0.828. The maximum atomic E-state index is 12.3. The van der Waals surface area contributed by atoms with Gasteiger partial charge in [-0.2, -0.15) is 4.98 Å². The first-order chi connectivity index (χ1) is 9.99. The van der Waals surface area contributed by atoms with Crippen molar-refractivity contribution in [2.75, 3.05) is 0 Å². The van der Waals surface area contributed by atoms with Crippen molar-refractivity contribution < 1.29 is 5.11 Å². The fourth-order valence-corrected chi connectivity index (χ4v) is 3.24. The van der Waals surface area contributed by atoms with Crippen molar-refractivity contribution in [3.8, 4) is 17.0 Å². The normalized spacial score (nSPS) is 17.0. The van der Waals surface area contributed by atoms with Gasteiger partial charge in [0, 0.05) is 4.47 Å². The van der Waals surface area contributed by atoms with Crippen LogP contribution in [-0.4, -0.2) is 15.1 Å². The molecule has 0 saturated heterocycles. The molecule has 0 aliphatic heterocycles. The molecular weight excluding hydrogens is 334 g/mol. The molecular formula is C15H16BrN3O2. The zero-order valence-corrected chi connectivity index (χ0v) is 13.0. The van der Waals surface area contributed by atoms with Gasteiger partial charge < -0.3 is 15.8 Å². The van der Waals surface area contributed by atoms with Crippen LogP contribution in [0, 0.1) is 0 Å².